The second kappa shape index (κ2) is 7.71. The fourth-order valence-electron chi connectivity index (χ4n) is 3.72. The van der Waals surface area contributed by atoms with Crippen LogP contribution in [0.3, 0.4) is 0 Å². The van der Waals surface area contributed by atoms with Gasteiger partial charge in [-0.2, -0.15) is 24.9 Å². The van der Waals surface area contributed by atoms with Crippen molar-refractivity contribution in [2.24, 2.45) is 11.8 Å². The number of anilines is 1. The number of halogens is 3. The maximum atomic E-state index is 13.1. The van der Waals surface area contributed by atoms with Crippen molar-refractivity contribution in [1.29, 1.82) is 0 Å². The summed E-state index contributed by atoms with van der Waals surface area (Å²) in [4.78, 5) is 14.9. The summed E-state index contributed by atoms with van der Waals surface area (Å²) in [5.74, 6) is 1.93. The molecule has 2 aliphatic heterocycles. The van der Waals surface area contributed by atoms with E-state index in [-0.39, 0.29) is 17.9 Å². The molecule has 1 N–H and O–H groups in total. The van der Waals surface area contributed by atoms with Gasteiger partial charge in [0.15, 0.2) is 0 Å². The van der Waals surface area contributed by atoms with E-state index in [1.165, 1.54) is 6.07 Å². The predicted octanol–water partition coefficient (Wildman–Crippen LogP) is 3.96. The lowest BCUT2D eigenvalue weighted by molar-refractivity contribution is -0.137. The number of nitrogens with zero attached hydrogens (tertiary/aromatic N) is 1. The Bertz CT molecular complexity index is 663. The first-order valence-electron chi connectivity index (χ1n) is 9.09. The van der Waals surface area contributed by atoms with Crippen molar-refractivity contribution in [3.8, 4) is 0 Å². The first kappa shape index (κ1) is 19.4. The van der Waals surface area contributed by atoms with Gasteiger partial charge in [0.25, 0.3) is 0 Å². The van der Waals surface area contributed by atoms with Gasteiger partial charge in [-0.05, 0) is 42.5 Å². The molecule has 0 radical (unpaired) electrons. The molecule has 3 rings (SSSR count). The molecule has 2 heterocycles. The van der Waals surface area contributed by atoms with Crippen molar-refractivity contribution in [2.45, 2.75) is 38.9 Å². The fraction of sp³-hybridized carbons (Fsp3) is 0.632. The topological polar surface area (TPSA) is 32.3 Å². The number of thioether (sulfide) groups is 1. The molecule has 2 unspecified atom stereocenters. The van der Waals surface area contributed by atoms with Crippen molar-refractivity contribution in [1.82, 2.24) is 5.32 Å². The van der Waals surface area contributed by atoms with Crippen molar-refractivity contribution in [2.75, 3.05) is 29.5 Å². The third-order valence-electron chi connectivity index (χ3n) is 5.14. The zero-order chi connectivity index (χ0) is 18.9. The largest absolute Gasteiger partial charge is 0.416 e. The van der Waals surface area contributed by atoms with Gasteiger partial charge in [-0.3, -0.25) is 4.79 Å². The summed E-state index contributed by atoms with van der Waals surface area (Å²) in [7, 11) is 0. The summed E-state index contributed by atoms with van der Waals surface area (Å²) in [6.45, 7) is 5.58. The Morgan fingerprint density at radius 3 is 2.85 bits per heavy atom. The molecule has 26 heavy (non-hydrogen) atoms. The standard InChI is InChI=1S/C19H25F3N2OS/c1-12(2)5-6-23-18(25)15-10-13-9-14(19(20,21)22)3-4-16(13)24-7-8-26-11-17(15)24/h3-4,9,12,15,17H,5-8,10-11H2,1-2H3,(H,23,25). The van der Waals surface area contributed by atoms with Crippen LogP contribution in [0.25, 0.3) is 0 Å². The number of nitrogens with one attached hydrogen (secondary N) is 1. The monoisotopic (exact) mass is 386 g/mol. The lowest BCUT2D eigenvalue weighted by atomic mass is 9.84. The molecule has 1 aromatic rings. The highest BCUT2D eigenvalue weighted by atomic mass is 32.2. The van der Waals surface area contributed by atoms with Crippen LogP contribution in [-0.2, 0) is 17.4 Å². The molecule has 1 saturated heterocycles. The molecule has 144 valence electrons. The zero-order valence-electron chi connectivity index (χ0n) is 15.1. The molecule has 1 aromatic carbocycles. The lowest BCUT2D eigenvalue weighted by Crippen LogP contribution is -2.55. The van der Waals surface area contributed by atoms with E-state index in [1.807, 2.05) is 11.8 Å². The predicted molar refractivity (Wildman–Crippen MR) is 99.6 cm³/mol. The van der Waals surface area contributed by atoms with Crippen LogP contribution in [0.5, 0.6) is 0 Å². The molecule has 2 aliphatic rings. The summed E-state index contributed by atoms with van der Waals surface area (Å²) < 4.78 is 39.3. The van der Waals surface area contributed by atoms with Gasteiger partial charge in [0.05, 0.1) is 11.5 Å². The Kier molecular flexibility index (Phi) is 5.75. The Morgan fingerprint density at radius 2 is 2.15 bits per heavy atom. The van der Waals surface area contributed by atoms with Gasteiger partial charge in [-0.25, -0.2) is 0 Å². The summed E-state index contributed by atoms with van der Waals surface area (Å²) in [5.41, 5.74) is 0.849. The first-order chi connectivity index (χ1) is 12.3. The average molecular weight is 386 g/mol. The molecule has 0 spiro atoms. The first-order valence-corrected chi connectivity index (χ1v) is 10.2. The van der Waals surface area contributed by atoms with Gasteiger partial charge < -0.3 is 10.2 Å². The molecule has 1 amide bonds. The molecule has 0 bridgehead atoms. The van der Waals surface area contributed by atoms with E-state index in [0.717, 1.165) is 36.2 Å². The summed E-state index contributed by atoms with van der Waals surface area (Å²) >= 11 is 1.81. The minimum atomic E-state index is -4.36. The van der Waals surface area contributed by atoms with E-state index in [0.29, 0.717) is 24.4 Å². The second-order valence-corrected chi connectivity index (χ2v) is 8.61. The summed E-state index contributed by atoms with van der Waals surface area (Å²) in [5, 5.41) is 3.00. The molecular weight excluding hydrogens is 361 g/mol. The van der Waals surface area contributed by atoms with Gasteiger partial charge >= 0.3 is 6.18 Å². The van der Waals surface area contributed by atoms with Gasteiger partial charge in [-0.1, -0.05) is 13.8 Å². The van der Waals surface area contributed by atoms with Crippen LogP contribution in [0.2, 0.25) is 0 Å². The summed E-state index contributed by atoms with van der Waals surface area (Å²) in [6.07, 6.45) is -3.09. The van der Waals surface area contributed by atoms with E-state index in [4.69, 9.17) is 0 Å². The van der Waals surface area contributed by atoms with Crippen LogP contribution in [0, 0.1) is 11.8 Å². The highest BCUT2D eigenvalue weighted by Crippen LogP contribution is 2.40. The van der Waals surface area contributed by atoms with Crippen LogP contribution < -0.4 is 10.2 Å². The third kappa shape index (κ3) is 4.13. The van der Waals surface area contributed by atoms with Crippen LogP contribution in [0.15, 0.2) is 18.2 Å². The number of alkyl halides is 3. The van der Waals surface area contributed by atoms with E-state index >= 15 is 0 Å². The average Bonchev–Trinajstić information content (AvgIpc) is 2.59. The normalized spacial score (nSPS) is 22.8. The van der Waals surface area contributed by atoms with Crippen LogP contribution in [-0.4, -0.2) is 36.5 Å². The smallest absolute Gasteiger partial charge is 0.366 e. The van der Waals surface area contributed by atoms with Crippen molar-refractivity contribution >= 4 is 23.4 Å². The van der Waals surface area contributed by atoms with E-state index < -0.39 is 11.7 Å². The number of carbonyl (C=O) groups is 1. The molecule has 2 atom stereocenters. The number of carbonyl (C=O) groups excluding carboxylic acids is 1. The number of fused-ring (bicyclic) bond motifs is 3. The third-order valence-corrected chi connectivity index (χ3v) is 6.19. The Hall–Kier alpha value is -1.37. The van der Waals surface area contributed by atoms with E-state index in [1.54, 1.807) is 6.07 Å². The van der Waals surface area contributed by atoms with Gasteiger partial charge in [0, 0.05) is 36.3 Å². The van der Waals surface area contributed by atoms with Crippen LogP contribution in [0.1, 0.15) is 31.4 Å². The maximum absolute atomic E-state index is 13.1. The highest BCUT2D eigenvalue weighted by molar-refractivity contribution is 7.99. The van der Waals surface area contributed by atoms with Crippen molar-refractivity contribution in [3.63, 3.8) is 0 Å². The fourth-order valence-corrected chi connectivity index (χ4v) is 4.86. The van der Waals surface area contributed by atoms with Crippen molar-refractivity contribution in [3.05, 3.63) is 29.3 Å². The quantitative estimate of drug-likeness (QED) is 0.850. The van der Waals surface area contributed by atoms with Gasteiger partial charge in [0.2, 0.25) is 5.91 Å². The second-order valence-electron chi connectivity index (χ2n) is 7.46. The molecular formula is C19H25F3N2OS. The van der Waals surface area contributed by atoms with Crippen LogP contribution in [0.4, 0.5) is 18.9 Å². The summed E-state index contributed by atoms with van der Waals surface area (Å²) in [6, 6.07) is 4.01. The van der Waals surface area contributed by atoms with E-state index in [9.17, 15) is 18.0 Å². The molecule has 7 heteroatoms. The minimum Gasteiger partial charge on any atom is -0.366 e. The molecule has 3 nitrogen and oxygen atoms in total. The zero-order valence-corrected chi connectivity index (χ0v) is 15.9. The number of benzene rings is 1. The molecule has 1 fully saturated rings. The van der Waals surface area contributed by atoms with Crippen LogP contribution >= 0.6 is 11.8 Å². The Morgan fingerprint density at radius 1 is 1.38 bits per heavy atom. The number of rotatable bonds is 4. The number of hydrogen-bond donors (Lipinski definition) is 1. The SMILES string of the molecule is CC(C)CCNC(=O)C1Cc2cc(C(F)(F)F)ccc2N2CCSCC12. The van der Waals surface area contributed by atoms with E-state index in [2.05, 4.69) is 24.1 Å². The Balaban J connectivity index is 1.85. The maximum Gasteiger partial charge on any atom is 0.416 e. The molecule has 0 aliphatic carbocycles. The molecule has 0 aromatic heterocycles. The van der Waals surface area contributed by atoms with Gasteiger partial charge in [0.1, 0.15) is 0 Å². The van der Waals surface area contributed by atoms with Gasteiger partial charge in [-0.15, -0.1) is 0 Å². The van der Waals surface area contributed by atoms with Crippen molar-refractivity contribution < 1.29 is 18.0 Å². The number of amides is 1. The highest BCUT2D eigenvalue weighted by Gasteiger charge is 2.41. The Labute approximate surface area is 156 Å². The number of hydrogen-bond acceptors (Lipinski definition) is 3. The minimum absolute atomic E-state index is 0.0359. The lowest BCUT2D eigenvalue weighted by Gasteiger charge is -2.45. The molecule has 0 saturated carbocycles.